The van der Waals surface area contributed by atoms with Crippen molar-refractivity contribution < 1.29 is 8.78 Å². The van der Waals surface area contributed by atoms with Gasteiger partial charge in [0, 0.05) is 12.3 Å². The van der Waals surface area contributed by atoms with Crippen LogP contribution in [0.25, 0.3) is 0 Å². The van der Waals surface area contributed by atoms with Crippen molar-refractivity contribution in [2.45, 2.75) is 6.04 Å². The number of aromatic nitrogens is 1. The molecule has 0 radical (unpaired) electrons. The molecule has 94 valence electrons. The first kappa shape index (κ1) is 12.9. The second-order valence-corrected chi connectivity index (χ2v) is 4.20. The summed E-state index contributed by atoms with van der Waals surface area (Å²) in [7, 11) is 1.68. The minimum absolute atomic E-state index is 0.440. The van der Waals surface area contributed by atoms with Crippen LogP contribution < -0.4 is 5.32 Å². The molecule has 1 heterocycles. The van der Waals surface area contributed by atoms with Crippen LogP contribution in [0.3, 0.4) is 0 Å². The third-order valence-corrected chi connectivity index (χ3v) is 2.89. The van der Waals surface area contributed by atoms with E-state index in [1.165, 1.54) is 12.1 Å². The lowest BCUT2D eigenvalue weighted by molar-refractivity contribution is 0.570. The van der Waals surface area contributed by atoms with Gasteiger partial charge in [-0.25, -0.2) is 8.78 Å². The molecule has 0 aliphatic heterocycles. The maximum Gasteiger partial charge on any atom is 0.126 e. The highest BCUT2D eigenvalue weighted by Gasteiger charge is 2.17. The molecule has 0 fully saturated rings. The van der Waals surface area contributed by atoms with E-state index in [0.717, 1.165) is 6.07 Å². The quantitative estimate of drug-likeness (QED) is 0.924. The lowest BCUT2D eigenvalue weighted by atomic mass is 10.0. The van der Waals surface area contributed by atoms with Gasteiger partial charge in [-0.2, -0.15) is 0 Å². The van der Waals surface area contributed by atoms with Gasteiger partial charge in [-0.3, -0.25) is 4.98 Å². The van der Waals surface area contributed by atoms with Gasteiger partial charge in [-0.05, 0) is 36.9 Å². The van der Waals surface area contributed by atoms with E-state index in [-0.39, 0.29) is 0 Å². The molecular weight excluding hydrogens is 258 g/mol. The van der Waals surface area contributed by atoms with Crippen LogP contribution >= 0.6 is 11.6 Å². The average Bonchev–Trinajstić information content (AvgIpc) is 2.31. The molecule has 5 heteroatoms. The maximum absolute atomic E-state index is 13.2. The van der Waals surface area contributed by atoms with Crippen molar-refractivity contribution in [3.05, 3.63) is 64.4 Å². The molecule has 0 spiro atoms. The van der Waals surface area contributed by atoms with Crippen molar-refractivity contribution in [1.29, 1.82) is 0 Å². The van der Waals surface area contributed by atoms with Crippen molar-refractivity contribution in [2.24, 2.45) is 0 Å². The molecule has 1 aromatic heterocycles. The summed E-state index contributed by atoms with van der Waals surface area (Å²) >= 11 is 6.04. The van der Waals surface area contributed by atoms with Crippen molar-refractivity contribution in [3.63, 3.8) is 0 Å². The van der Waals surface area contributed by atoms with E-state index in [1.54, 1.807) is 25.4 Å². The van der Waals surface area contributed by atoms with E-state index in [4.69, 9.17) is 11.6 Å². The van der Waals surface area contributed by atoms with Gasteiger partial charge < -0.3 is 5.32 Å². The monoisotopic (exact) mass is 268 g/mol. The maximum atomic E-state index is 13.2. The summed E-state index contributed by atoms with van der Waals surface area (Å²) in [4.78, 5) is 4.15. The SMILES string of the molecule is CNC(c1cc(F)cc(F)c1)c1ncccc1Cl. The topological polar surface area (TPSA) is 24.9 Å². The number of rotatable bonds is 3. The fraction of sp³-hybridized carbons (Fsp3) is 0.154. The zero-order valence-corrected chi connectivity index (χ0v) is 10.4. The number of halogens is 3. The second-order valence-electron chi connectivity index (χ2n) is 3.79. The fourth-order valence-electron chi connectivity index (χ4n) is 1.81. The van der Waals surface area contributed by atoms with E-state index in [2.05, 4.69) is 10.3 Å². The normalized spacial score (nSPS) is 12.4. The Hall–Kier alpha value is -1.52. The van der Waals surface area contributed by atoms with Crippen LogP contribution in [0.4, 0.5) is 8.78 Å². The number of hydrogen-bond donors (Lipinski definition) is 1. The number of nitrogens with one attached hydrogen (secondary N) is 1. The predicted molar refractivity (Wildman–Crippen MR) is 66.5 cm³/mol. The van der Waals surface area contributed by atoms with Crippen molar-refractivity contribution in [2.75, 3.05) is 7.05 Å². The van der Waals surface area contributed by atoms with Crippen LogP contribution in [-0.4, -0.2) is 12.0 Å². The molecule has 0 saturated carbocycles. The fourth-order valence-corrected chi connectivity index (χ4v) is 2.04. The summed E-state index contributed by atoms with van der Waals surface area (Å²) in [5, 5.41) is 3.40. The van der Waals surface area contributed by atoms with Crippen molar-refractivity contribution in [1.82, 2.24) is 10.3 Å². The van der Waals surface area contributed by atoms with E-state index in [1.807, 2.05) is 0 Å². The minimum atomic E-state index is -0.627. The first-order chi connectivity index (χ1) is 8.61. The van der Waals surface area contributed by atoms with Crippen LogP contribution in [0.15, 0.2) is 36.5 Å². The lowest BCUT2D eigenvalue weighted by Crippen LogP contribution is -2.19. The Kier molecular flexibility index (Phi) is 3.89. The summed E-state index contributed by atoms with van der Waals surface area (Å²) in [6, 6.07) is 6.28. The zero-order chi connectivity index (χ0) is 13.1. The van der Waals surface area contributed by atoms with Crippen LogP contribution in [-0.2, 0) is 0 Å². The van der Waals surface area contributed by atoms with Gasteiger partial charge in [0.2, 0.25) is 0 Å². The minimum Gasteiger partial charge on any atom is -0.308 e. The Bertz CT molecular complexity index is 540. The summed E-state index contributed by atoms with van der Waals surface area (Å²) in [5.74, 6) is -1.25. The lowest BCUT2D eigenvalue weighted by Gasteiger charge is -2.17. The molecule has 1 N–H and O–H groups in total. The molecule has 1 atom stereocenters. The van der Waals surface area contributed by atoms with Gasteiger partial charge in [-0.1, -0.05) is 11.6 Å². The average molecular weight is 269 g/mol. The standard InChI is InChI=1S/C13H11ClF2N2/c1-17-12(13-11(14)3-2-4-18-13)8-5-9(15)7-10(16)6-8/h2-7,12,17H,1H3. The molecule has 2 rings (SSSR count). The molecular formula is C13H11ClF2N2. The third kappa shape index (κ3) is 2.66. The summed E-state index contributed by atoms with van der Waals surface area (Å²) in [5.41, 5.74) is 0.974. The Morgan fingerprint density at radius 1 is 1.22 bits per heavy atom. The van der Waals surface area contributed by atoms with Gasteiger partial charge >= 0.3 is 0 Å². The number of pyridine rings is 1. The molecule has 0 aliphatic rings. The molecule has 0 amide bonds. The van der Waals surface area contributed by atoms with Gasteiger partial charge in [0.25, 0.3) is 0 Å². The highest BCUT2D eigenvalue weighted by Crippen LogP contribution is 2.26. The van der Waals surface area contributed by atoms with Gasteiger partial charge in [0.05, 0.1) is 16.8 Å². The molecule has 1 unspecified atom stereocenters. The highest BCUT2D eigenvalue weighted by molar-refractivity contribution is 6.31. The predicted octanol–water partition coefficient (Wildman–Crippen LogP) is 3.32. The van der Waals surface area contributed by atoms with E-state index in [0.29, 0.717) is 16.3 Å². The molecule has 2 aromatic rings. The Balaban J connectivity index is 2.48. The molecule has 1 aromatic carbocycles. The highest BCUT2D eigenvalue weighted by atomic mass is 35.5. The smallest absolute Gasteiger partial charge is 0.126 e. The summed E-state index contributed by atoms with van der Waals surface area (Å²) in [6.45, 7) is 0. The summed E-state index contributed by atoms with van der Waals surface area (Å²) in [6.07, 6.45) is 1.58. The molecule has 0 aliphatic carbocycles. The van der Waals surface area contributed by atoms with Crippen LogP contribution in [0.2, 0.25) is 5.02 Å². The summed E-state index contributed by atoms with van der Waals surface area (Å²) < 4.78 is 26.4. The van der Waals surface area contributed by atoms with Gasteiger partial charge in [0.15, 0.2) is 0 Å². The third-order valence-electron chi connectivity index (χ3n) is 2.57. The van der Waals surface area contributed by atoms with Gasteiger partial charge in [-0.15, -0.1) is 0 Å². The van der Waals surface area contributed by atoms with Crippen LogP contribution in [0.5, 0.6) is 0 Å². The molecule has 0 saturated heterocycles. The van der Waals surface area contributed by atoms with Crippen molar-refractivity contribution >= 4 is 11.6 Å². The van der Waals surface area contributed by atoms with E-state index >= 15 is 0 Å². The number of benzene rings is 1. The zero-order valence-electron chi connectivity index (χ0n) is 9.62. The first-order valence-corrected chi connectivity index (χ1v) is 5.73. The Morgan fingerprint density at radius 3 is 2.44 bits per heavy atom. The Labute approximate surface area is 109 Å². The van der Waals surface area contributed by atoms with Crippen molar-refractivity contribution in [3.8, 4) is 0 Å². The number of hydrogen-bond acceptors (Lipinski definition) is 2. The molecule has 2 nitrogen and oxygen atoms in total. The van der Waals surface area contributed by atoms with Gasteiger partial charge in [0.1, 0.15) is 11.6 Å². The largest absolute Gasteiger partial charge is 0.308 e. The molecule has 0 bridgehead atoms. The first-order valence-electron chi connectivity index (χ1n) is 5.35. The molecule has 18 heavy (non-hydrogen) atoms. The van der Waals surface area contributed by atoms with Crippen LogP contribution in [0.1, 0.15) is 17.3 Å². The number of nitrogens with zero attached hydrogens (tertiary/aromatic N) is 1. The Morgan fingerprint density at radius 2 is 1.89 bits per heavy atom. The van der Waals surface area contributed by atoms with Crippen LogP contribution in [0, 0.1) is 11.6 Å². The van der Waals surface area contributed by atoms with E-state index < -0.39 is 17.7 Å². The van der Waals surface area contributed by atoms with E-state index in [9.17, 15) is 8.78 Å². The second kappa shape index (κ2) is 5.42.